The summed E-state index contributed by atoms with van der Waals surface area (Å²) in [5.41, 5.74) is 1.53. The number of methoxy groups -OCH3 is 3. The summed E-state index contributed by atoms with van der Waals surface area (Å²) in [5.74, 6) is 2.33. The molecule has 4 rings (SSSR count). The van der Waals surface area contributed by atoms with Gasteiger partial charge in [-0.25, -0.2) is 0 Å². The van der Waals surface area contributed by atoms with Gasteiger partial charge in [0.1, 0.15) is 17.2 Å². The molecule has 1 amide bonds. The van der Waals surface area contributed by atoms with Gasteiger partial charge in [0, 0.05) is 31.8 Å². The summed E-state index contributed by atoms with van der Waals surface area (Å²) in [5, 5.41) is 4.12. The van der Waals surface area contributed by atoms with Crippen LogP contribution in [-0.4, -0.2) is 57.5 Å². The minimum absolute atomic E-state index is 0.0121. The van der Waals surface area contributed by atoms with Crippen LogP contribution in [0.4, 0.5) is 11.7 Å². The molecule has 2 heterocycles. The number of hydrogen-bond donors (Lipinski definition) is 0. The van der Waals surface area contributed by atoms with Gasteiger partial charge in [0.25, 0.3) is 0 Å². The average Bonchev–Trinajstić information content (AvgIpc) is 3.38. The molecule has 1 atom stereocenters. The number of anilines is 2. The van der Waals surface area contributed by atoms with E-state index in [0.717, 1.165) is 30.7 Å². The van der Waals surface area contributed by atoms with Crippen molar-refractivity contribution < 1.29 is 23.5 Å². The second-order valence-corrected chi connectivity index (χ2v) is 7.85. The Hall–Kier alpha value is -3.75. The third kappa shape index (κ3) is 4.72. The summed E-state index contributed by atoms with van der Waals surface area (Å²) >= 11 is 0. The number of benzene rings is 2. The molecule has 0 N–H and O–H groups in total. The molecule has 1 aromatic heterocycles. The Morgan fingerprint density at radius 1 is 1.06 bits per heavy atom. The van der Waals surface area contributed by atoms with Crippen molar-refractivity contribution in [3.63, 3.8) is 0 Å². The van der Waals surface area contributed by atoms with Gasteiger partial charge in [0.05, 0.1) is 32.9 Å². The first kappa shape index (κ1) is 22.4. The highest BCUT2D eigenvalue weighted by Crippen LogP contribution is 2.33. The van der Waals surface area contributed by atoms with E-state index in [0.29, 0.717) is 35.6 Å². The molecule has 0 saturated carbocycles. The first-order chi connectivity index (χ1) is 16.0. The van der Waals surface area contributed by atoms with Crippen molar-refractivity contribution in [2.24, 2.45) is 5.92 Å². The van der Waals surface area contributed by atoms with Gasteiger partial charge in [-0.2, -0.15) is 4.98 Å². The number of piperidine rings is 1. The van der Waals surface area contributed by atoms with E-state index < -0.39 is 0 Å². The zero-order chi connectivity index (χ0) is 23.4. The highest BCUT2D eigenvalue weighted by Gasteiger charge is 2.31. The molecule has 0 aliphatic carbocycles. The molecule has 1 aliphatic rings. The van der Waals surface area contributed by atoms with Gasteiger partial charge >= 0.3 is 6.01 Å². The van der Waals surface area contributed by atoms with Crippen molar-refractivity contribution in [3.8, 4) is 28.6 Å². The second-order valence-electron chi connectivity index (χ2n) is 7.85. The standard InChI is InChI=1S/C24H28N4O5/c1-27(20-12-11-19(31-3)14-21(20)32-4)23(29)17-6-5-13-28(15-17)24-25-22(26-33-24)16-7-9-18(30-2)10-8-16/h7-12,14,17H,5-6,13,15H2,1-4H3/t17-/m1/s1. The van der Waals surface area contributed by atoms with E-state index in [2.05, 4.69) is 10.1 Å². The van der Waals surface area contributed by atoms with Crippen LogP contribution >= 0.6 is 0 Å². The average molecular weight is 453 g/mol. The lowest BCUT2D eigenvalue weighted by atomic mass is 9.96. The van der Waals surface area contributed by atoms with Crippen LogP contribution in [-0.2, 0) is 4.79 Å². The largest absolute Gasteiger partial charge is 0.497 e. The Kier molecular flexibility index (Phi) is 6.67. The summed E-state index contributed by atoms with van der Waals surface area (Å²) in [7, 11) is 6.56. The van der Waals surface area contributed by atoms with E-state index >= 15 is 0 Å². The third-order valence-electron chi connectivity index (χ3n) is 5.88. The highest BCUT2D eigenvalue weighted by atomic mass is 16.5. The van der Waals surface area contributed by atoms with Gasteiger partial charge < -0.3 is 28.5 Å². The Morgan fingerprint density at radius 3 is 2.48 bits per heavy atom. The Labute approximate surface area is 192 Å². The van der Waals surface area contributed by atoms with E-state index in [1.165, 1.54) is 0 Å². The van der Waals surface area contributed by atoms with E-state index in [4.69, 9.17) is 18.7 Å². The summed E-state index contributed by atoms with van der Waals surface area (Å²) in [4.78, 5) is 21.5. The third-order valence-corrected chi connectivity index (χ3v) is 5.88. The van der Waals surface area contributed by atoms with Crippen LogP contribution in [0.15, 0.2) is 47.0 Å². The van der Waals surface area contributed by atoms with Crippen LogP contribution in [0.3, 0.4) is 0 Å². The quantitative estimate of drug-likeness (QED) is 0.537. The first-order valence-electron chi connectivity index (χ1n) is 10.8. The molecule has 9 heteroatoms. The topological polar surface area (TPSA) is 90.2 Å². The zero-order valence-corrected chi connectivity index (χ0v) is 19.3. The predicted molar refractivity (Wildman–Crippen MR) is 124 cm³/mol. The maximum Gasteiger partial charge on any atom is 0.324 e. The molecule has 0 bridgehead atoms. The summed E-state index contributed by atoms with van der Waals surface area (Å²) in [6.45, 7) is 1.26. The van der Waals surface area contributed by atoms with Gasteiger partial charge in [-0.05, 0) is 49.2 Å². The molecule has 2 aromatic carbocycles. The lowest BCUT2D eigenvalue weighted by molar-refractivity contribution is -0.122. The zero-order valence-electron chi connectivity index (χ0n) is 19.3. The van der Waals surface area contributed by atoms with Crippen molar-refractivity contribution in [1.82, 2.24) is 10.1 Å². The Morgan fingerprint density at radius 2 is 1.79 bits per heavy atom. The normalized spacial score (nSPS) is 15.8. The number of amides is 1. The SMILES string of the molecule is COc1ccc(-c2noc(N3CCC[C@@H](C(=O)N(C)c4ccc(OC)cc4OC)C3)n2)cc1. The number of nitrogens with zero attached hydrogens (tertiary/aromatic N) is 4. The molecular formula is C24H28N4O5. The lowest BCUT2D eigenvalue weighted by Crippen LogP contribution is -2.44. The van der Waals surface area contributed by atoms with Crippen molar-refractivity contribution >= 4 is 17.6 Å². The molecular weight excluding hydrogens is 424 g/mol. The van der Waals surface area contributed by atoms with Crippen molar-refractivity contribution in [3.05, 3.63) is 42.5 Å². The predicted octanol–water partition coefficient (Wildman–Crippen LogP) is 3.64. The summed E-state index contributed by atoms with van der Waals surface area (Å²) < 4.78 is 21.4. The van der Waals surface area contributed by atoms with Gasteiger partial charge in [-0.3, -0.25) is 4.79 Å². The van der Waals surface area contributed by atoms with Gasteiger partial charge in [-0.1, -0.05) is 5.16 Å². The monoisotopic (exact) mass is 452 g/mol. The van der Waals surface area contributed by atoms with Crippen LogP contribution in [0.25, 0.3) is 11.4 Å². The van der Waals surface area contributed by atoms with E-state index in [1.54, 1.807) is 39.3 Å². The highest BCUT2D eigenvalue weighted by molar-refractivity contribution is 5.96. The lowest BCUT2D eigenvalue weighted by Gasteiger charge is -2.33. The minimum Gasteiger partial charge on any atom is -0.497 e. The van der Waals surface area contributed by atoms with Crippen LogP contribution in [0.2, 0.25) is 0 Å². The minimum atomic E-state index is -0.202. The summed E-state index contributed by atoms with van der Waals surface area (Å²) in [6.07, 6.45) is 1.64. The molecule has 1 aliphatic heterocycles. The van der Waals surface area contributed by atoms with Crippen LogP contribution in [0, 0.1) is 5.92 Å². The van der Waals surface area contributed by atoms with E-state index in [1.807, 2.05) is 41.3 Å². The fourth-order valence-corrected chi connectivity index (χ4v) is 4.01. The van der Waals surface area contributed by atoms with Crippen molar-refractivity contribution in [2.45, 2.75) is 12.8 Å². The second kappa shape index (κ2) is 9.81. The van der Waals surface area contributed by atoms with Crippen LogP contribution < -0.4 is 24.0 Å². The van der Waals surface area contributed by atoms with Gasteiger partial charge in [0.2, 0.25) is 11.7 Å². The molecule has 174 valence electrons. The molecule has 1 fully saturated rings. The number of rotatable bonds is 7. The molecule has 33 heavy (non-hydrogen) atoms. The molecule has 0 spiro atoms. The number of ether oxygens (including phenoxy) is 3. The molecule has 9 nitrogen and oxygen atoms in total. The van der Waals surface area contributed by atoms with E-state index in [9.17, 15) is 4.79 Å². The fraction of sp³-hybridized carbons (Fsp3) is 0.375. The maximum atomic E-state index is 13.3. The van der Waals surface area contributed by atoms with Gasteiger partial charge in [-0.15, -0.1) is 0 Å². The Bertz CT molecular complexity index is 1100. The number of carbonyl (C=O) groups excluding carboxylic acids is 1. The summed E-state index contributed by atoms with van der Waals surface area (Å²) in [6, 6.07) is 13.3. The molecule has 1 saturated heterocycles. The van der Waals surface area contributed by atoms with Crippen LogP contribution in [0.5, 0.6) is 17.2 Å². The van der Waals surface area contributed by atoms with Crippen LogP contribution in [0.1, 0.15) is 12.8 Å². The maximum absolute atomic E-state index is 13.3. The van der Waals surface area contributed by atoms with Crippen molar-refractivity contribution in [2.75, 3.05) is 51.3 Å². The number of hydrogen-bond acceptors (Lipinski definition) is 8. The molecule has 0 radical (unpaired) electrons. The Balaban J connectivity index is 1.47. The molecule has 3 aromatic rings. The van der Waals surface area contributed by atoms with Crippen molar-refractivity contribution in [1.29, 1.82) is 0 Å². The molecule has 0 unspecified atom stereocenters. The number of carbonyl (C=O) groups is 1. The smallest absolute Gasteiger partial charge is 0.324 e. The van der Waals surface area contributed by atoms with Gasteiger partial charge in [0.15, 0.2) is 0 Å². The van der Waals surface area contributed by atoms with E-state index in [-0.39, 0.29) is 11.8 Å². The number of aromatic nitrogens is 2. The fourth-order valence-electron chi connectivity index (χ4n) is 4.01. The first-order valence-corrected chi connectivity index (χ1v) is 10.8.